The van der Waals surface area contributed by atoms with E-state index in [4.69, 9.17) is 14.0 Å². The highest BCUT2D eigenvalue weighted by atomic mass is 19.4. The molecular weight excluding hydrogens is 328 g/mol. The molecule has 24 heavy (non-hydrogen) atoms. The molecule has 0 bridgehead atoms. The van der Waals surface area contributed by atoms with E-state index < -0.39 is 30.4 Å². The predicted molar refractivity (Wildman–Crippen MR) is 81.2 cm³/mol. The van der Waals surface area contributed by atoms with Gasteiger partial charge in [0.05, 0.1) is 18.3 Å². The minimum Gasteiger partial charge on any atom is -0.480 e. The van der Waals surface area contributed by atoms with E-state index in [0.29, 0.717) is 5.46 Å². The number of amides is 1. The number of carbonyl (C=O) groups excluding carboxylic acids is 1. The first-order valence-electron chi connectivity index (χ1n) is 7.15. The Hall–Kier alpha value is -1.81. The molecule has 6 nitrogen and oxygen atoms in total. The smallest absolute Gasteiger partial charge is 0.480 e. The molecule has 2 heterocycles. The molecule has 1 amide bonds. The number of nitrogens with zero attached hydrogens (tertiary/aromatic N) is 1. The van der Waals surface area contributed by atoms with Gasteiger partial charge in [-0.25, -0.2) is 4.98 Å². The standard InChI is InChI=1S/C14H18BF3N2O4/c1-12(2)13(3,4)24-15(23-12)8-6-9(10(22-5)19-7-8)20-11(21)14(16,17)18/h6-7H,1-5H3,(H,20,21). The maximum Gasteiger partial charge on any atom is 0.496 e. The van der Waals surface area contributed by atoms with Crippen LogP contribution in [0.15, 0.2) is 12.3 Å². The van der Waals surface area contributed by atoms with Crippen molar-refractivity contribution in [3.8, 4) is 5.88 Å². The van der Waals surface area contributed by atoms with Crippen LogP contribution in [0.5, 0.6) is 5.88 Å². The highest BCUT2D eigenvalue weighted by molar-refractivity contribution is 6.62. The quantitative estimate of drug-likeness (QED) is 0.847. The van der Waals surface area contributed by atoms with E-state index >= 15 is 0 Å². The number of aromatic nitrogens is 1. The summed E-state index contributed by atoms with van der Waals surface area (Å²) in [6.45, 7) is 7.37. The monoisotopic (exact) mass is 346 g/mol. The number of methoxy groups -OCH3 is 1. The fourth-order valence-electron chi connectivity index (χ4n) is 2.02. The van der Waals surface area contributed by atoms with Crippen molar-refractivity contribution in [3.05, 3.63) is 12.3 Å². The van der Waals surface area contributed by atoms with Gasteiger partial charge in [0.25, 0.3) is 0 Å². The molecule has 1 aliphatic rings. The maximum absolute atomic E-state index is 12.5. The lowest BCUT2D eigenvalue weighted by atomic mass is 9.80. The summed E-state index contributed by atoms with van der Waals surface area (Å²) in [7, 11) is 0.412. The van der Waals surface area contributed by atoms with Crippen molar-refractivity contribution in [1.82, 2.24) is 4.98 Å². The summed E-state index contributed by atoms with van der Waals surface area (Å²) < 4.78 is 53.9. The zero-order chi connectivity index (χ0) is 18.3. The Morgan fingerprint density at radius 1 is 1.25 bits per heavy atom. The molecule has 0 unspecified atom stereocenters. The first kappa shape index (κ1) is 18.5. The normalized spacial score (nSPS) is 19.2. The first-order valence-corrected chi connectivity index (χ1v) is 7.15. The third kappa shape index (κ3) is 3.49. The molecule has 1 saturated heterocycles. The number of carbonyl (C=O) groups is 1. The van der Waals surface area contributed by atoms with Gasteiger partial charge in [0.15, 0.2) is 0 Å². The van der Waals surface area contributed by atoms with E-state index in [0.717, 1.165) is 0 Å². The van der Waals surface area contributed by atoms with Gasteiger partial charge in [-0.2, -0.15) is 13.2 Å². The highest BCUT2D eigenvalue weighted by Crippen LogP contribution is 2.36. The second-order valence-electron chi connectivity index (χ2n) is 6.37. The number of halogens is 3. The summed E-state index contributed by atoms with van der Waals surface area (Å²) in [6.07, 6.45) is -3.66. The number of pyridine rings is 1. The topological polar surface area (TPSA) is 69.7 Å². The molecule has 132 valence electrons. The summed E-state index contributed by atoms with van der Waals surface area (Å²) >= 11 is 0. The van der Waals surface area contributed by atoms with E-state index in [1.165, 1.54) is 19.4 Å². The Balaban J connectivity index is 2.31. The van der Waals surface area contributed by atoms with Gasteiger partial charge in [-0.05, 0) is 33.8 Å². The molecule has 0 saturated carbocycles. The van der Waals surface area contributed by atoms with Crippen molar-refractivity contribution in [1.29, 1.82) is 0 Å². The lowest BCUT2D eigenvalue weighted by molar-refractivity contribution is -0.167. The molecule has 0 atom stereocenters. The molecule has 1 fully saturated rings. The molecule has 0 aliphatic carbocycles. The van der Waals surface area contributed by atoms with E-state index in [1.54, 1.807) is 5.32 Å². The molecule has 0 radical (unpaired) electrons. The SMILES string of the molecule is COc1ncc(B2OC(C)(C)C(C)(C)O2)cc1NC(=O)C(F)(F)F. The number of alkyl halides is 3. The second-order valence-corrected chi connectivity index (χ2v) is 6.37. The fraction of sp³-hybridized carbons (Fsp3) is 0.571. The number of anilines is 1. The maximum atomic E-state index is 12.5. The molecule has 1 aliphatic heterocycles. The van der Waals surface area contributed by atoms with Crippen molar-refractivity contribution in [3.63, 3.8) is 0 Å². The van der Waals surface area contributed by atoms with Crippen molar-refractivity contribution < 1.29 is 32.0 Å². The molecule has 2 rings (SSSR count). The minimum atomic E-state index is -5.02. The fourth-order valence-corrected chi connectivity index (χ4v) is 2.02. The minimum absolute atomic E-state index is 0.145. The van der Waals surface area contributed by atoms with Crippen LogP contribution in [-0.4, -0.2) is 42.5 Å². The van der Waals surface area contributed by atoms with Crippen LogP contribution in [-0.2, 0) is 14.1 Å². The van der Waals surface area contributed by atoms with Crippen LogP contribution in [0.1, 0.15) is 27.7 Å². The van der Waals surface area contributed by atoms with Crippen molar-refractivity contribution in [2.75, 3.05) is 12.4 Å². The number of rotatable bonds is 3. The van der Waals surface area contributed by atoms with Crippen LogP contribution in [0, 0.1) is 0 Å². The van der Waals surface area contributed by atoms with E-state index in [9.17, 15) is 18.0 Å². The third-order valence-corrected chi connectivity index (χ3v) is 4.10. The van der Waals surface area contributed by atoms with Gasteiger partial charge < -0.3 is 19.4 Å². The zero-order valence-corrected chi connectivity index (χ0v) is 13.9. The van der Waals surface area contributed by atoms with Crippen molar-refractivity contribution >= 4 is 24.2 Å². The van der Waals surface area contributed by atoms with Gasteiger partial charge in [-0.15, -0.1) is 0 Å². The van der Waals surface area contributed by atoms with Gasteiger partial charge >= 0.3 is 19.2 Å². The van der Waals surface area contributed by atoms with Gasteiger partial charge in [0, 0.05) is 11.7 Å². The number of hydrogen-bond donors (Lipinski definition) is 1. The van der Waals surface area contributed by atoms with Crippen LogP contribution in [0.2, 0.25) is 0 Å². The lowest BCUT2D eigenvalue weighted by Crippen LogP contribution is -2.41. The average molecular weight is 346 g/mol. The predicted octanol–water partition coefficient (Wildman–Crippen LogP) is 1.89. The Kier molecular flexibility index (Phi) is 4.58. The Morgan fingerprint density at radius 2 is 1.79 bits per heavy atom. The Morgan fingerprint density at radius 3 is 2.25 bits per heavy atom. The van der Waals surface area contributed by atoms with Gasteiger partial charge in [0.1, 0.15) is 5.69 Å². The molecule has 0 aromatic carbocycles. The number of nitrogens with one attached hydrogen (secondary N) is 1. The first-order chi connectivity index (χ1) is 10.9. The Bertz CT molecular complexity index is 633. The van der Waals surface area contributed by atoms with Gasteiger partial charge in [-0.3, -0.25) is 4.79 Å². The van der Waals surface area contributed by atoms with Gasteiger partial charge in [-0.1, -0.05) is 0 Å². The molecule has 1 aromatic rings. The zero-order valence-electron chi connectivity index (χ0n) is 13.9. The van der Waals surface area contributed by atoms with E-state index in [1.807, 2.05) is 27.7 Å². The summed E-state index contributed by atoms with van der Waals surface area (Å²) in [5.74, 6) is -2.26. The second kappa shape index (κ2) is 5.93. The molecule has 10 heteroatoms. The van der Waals surface area contributed by atoms with Crippen molar-refractivity contribution in [2.24, 2.45) is 0 Å². The summed E-state index contributed by atoms with van der Waals surface area (Å²) in [6, 6.07) is 1.29. The van der Waals surface area contributed by atoms with Gasteiger partial charge in [0.2, 0.25) is 5.88 Å². The highest BCUT2D eigenvalue weighted by Gasteiger charge is 2.52. The van der Waals surface area contributed by atoms with Crippen LogP contribution in [0.3, 0.4) is 0 Å². The average Bonchev–Trinajstić information content (AvgIpc) is 2.66. The van der Waals surface area contributed by atoms with E-state index in [2.05, 4.69) is 4.98 Å². The Labute approximate surface area is 137 Å². The summed E-state index contributed by atoms with van der Waals surface area (Å²) in [4.78, 5) is 15.1. The lowest BCUT2D eigenvalue weighted by Gasteiger charge is -2.32. The molecule has 1 N–H and O–H groups in total. The molecular formula is C14H18BF3N2O4. The third-order valence-electron chi connectivity index (χ3n) is 4.10. The number of ether oxygens (including phenoxy) is 1. The van der Waals surface area contributed by atoms with Crippen LogP contribution >= 0.6 is 0 Å². The summed E-state index contributed by atoms with van der Waals surface area (Å²) in [5.41, 5.74) is -1.08. The molecule has 1 aromatic heterocycles. The molecule has 0 spiro atoms. The van der Waals surface area contributed by atoms with Crippen molar-refractivity contribution in [2.45, 2.75) is 45.1 Å². The van der Waals surface area contributed by atoms with Crippen LogP contribution < -0.4 is 15.5 Å². The summed E-state index contributed by atoms with van der Waals surface area (Å²) in [5, 5.41) is 1.74. The van der Waals surface area contributed by atoms with Crippen LogP contribution in [0.4, 0.5) is 18.9 Å². The van der Waals surface area contributed by atoms with Crippen LogP contribution in [0.25, 0.3) is 0 Å². The largest absolute Gasteiger partial charge is 0.496 e. The number of hydrogen-bond acceptors (Lipinski definition) is 5. The van der Waals surface area contributed by atoms with E-state index in [-0.39, 0.29) is 11.6 Å².